The van der Waals surface area contributed by atoms with Gasteiger partial charge in [0.05, 0.1) is 17.8 Å². The number of hydrogen-bond donors (Lipinski definition) is 2. The summed E-state index contributed by atoms with van der Waals surface area (Å²) < 4.78 is 44.7. The van der Waals surface area contributed by atoms with E-state index in [-0.39, 0.29) is 12.5 Å². The normalized spacial score (nSPS) is 19.4. The predicted octanol–water partition coefficient (Wildman–Crippen LogP) is 6.27. The van der Waals surface area contributed by atoms with Gasteiger partial charge in [0.2, 0.25) is 11.6 Å². The number of nitrogens with one attached hydrogen (secondary N) is 2. The Morgan fingerprint density at radius 3 is 2.28 bits per heavy atom. The van der Waals surface area contributed by atoms with Gasteiger partial charge >= 0.3 is 6.18 Å². The molecule has 0 bridgehead atoms. The average molecular weight is 539 g/mol. The first-order valence-corrected chi connectivity index (χ1v) is 13.2. The van der Waals surface area contributed by atoms with Crippen molar-refractivity contribution < 1.29 is 22.7 Å². The van der Waals surface area contributed by atoms with Gasteiger partial charge in [0.1, 0.15) is 5.75 Å². The van der Waals surface area contributed by atoms with Crippen LogP contribution in [0.3, 0.4) is 0 Å². The average Bonchev–Trinajstić information content (AvgIpc) is 3.25. The van der Waals surface area contributed by atoms with E-state index < -0.39 is 17.5 Å². The van der Waals surface area contributed by atoms with Gasteiger partial charge in [-0.2, -0.15) is 13.2 Å². The van der Waals surface area contributed by atoms with E-state index in [9.17, 15) is 18.0 Å². The SMILES string of the molecule is CC(C)c1ccc2c(c1)NC(C)(c1ccc(NC(=O)CN3CCN(c4ccc(C(F)(F)F)cc4)CC3)cc1)O2. The van der Waals surface area contributed by atoms with E-state index in [1.54, 1.807) is 0 Å². The number of ether oxygens (including phenoxy) is 1. The second kappa shape index (κ2) is 10.4. The summed E-state index contributed by atoms with van der Waals surface area (Å²) in [5.41, 5.74) is 3.27. The van der Waals surface area contributed by atoms with Gasteiger partial charge in [0, 0.05) is 43.1 Å². The highest BCUT2D eigenvalue weighted by Gasteiger charge is 2.36. The minimum atomic E-state index is -4.34. The van der Waals surface area contributed by atoms with Crippen molar-refractivity contribution in [3.63, 3.8) is 0 Å². The fourth-order valence-electron chi connectivity index (χ4n) is 5.03. The van der Waals surface area contributed by atoms with Crippen molar-refractivity contribution in [2.24, 2.45) is 0 Å². The molecule has 0 aromatic heterocycles. The number of piperazine rings is 1. The molecule has 2 aliphatic rings. The third-order valence-corrected chi connectivity index (χ3v) is 7.38. The number of fused-ring (bicyclic) bond motifs is 1. The standard InChI is InChI=1S/C30H33F3N4O2/c1-20(2)21-4-13-27-26(18-21)35-29(3,39-27)22-5-9-24(10-6-22)34-28(38)19-36-14-16-37(17-15-36)25-11-7-23(8-12-25)30(31,32)33/h4-13,18,20,35H,14-17,19H2,1-3H3,(H,34,38). The molecule has 1 saturated heterocycles. The molecule has 6 nitrogen and oxygen atoms in total. The summed E-state index contributed by atoms with van der Waals surface area (Å²) in [6, 6.07) is 19.1. The van der Waals surface area contributed by atoms with Crippen LogP contribution in [0.25, 0.3) is 0 Å². The Morgan fingerprint density at radius 2 is 1.67 bits per heavy atom. The molecule has 3 aromatic rings. The Kier molecular flexibility index (Phi) is 7.20. The number of hydrogen-bond acceptors (Lipinski definition) is 5. The van der Waals surface area contributed by atoms with Crippen LogP contribution in [0, 0.1) is 0 Å². The van der Waals surface area contributed by atoms with Crippen LogP contribution >= 0.6 is 0 Å². The number of halogens is 3. The molecule has 206 valence electrons. The van der Waals surface area contributed by atoms with Crippen molar-refractivity contribution in [2.45, 2.75) is 38.6 Å². The van der Waals surface area contributed by atoms with Crippen LogP contribution in [0.15, 0.2) is 66.7 Å². The van der Waals surface area contributed by atoms with E-state index >= 15 is 0 Å². The molecule has 9 heteroatoms. The minimum absolute atomic E-state index is 0.110. The largest absolute Gasteiger partial charge is 0.462 e. The summed E-state index contributed by atoms with van der Waals surface area (Å²) in [5, 5.41) is 6.45. The molecule has 2 heterocycles. The number of alkyl halides is 3. The molecule has 0 spiro atoms. The zero-order chi connectivity index (χ0) is 27.8. The molecule has 0 radical (unpaired) electrons. The van der Waals surface area contributed by atoms with Crippen LogP contribution < -0.4 is 20.3 Å². The minimum Gasteiger partial charge on any atom is -0.462 e. The molecule has 0 aliphatic carbocycles. The summed E-state index contributed by atoms with van der Waals surface area (Å²) in [7, 11) is 0. The van der Waals surface area contributed by atoms with E-state index in [1.165, 1.54) is 17.7 Å². The number of carbonyl (C=O) groups is 1. The number of amides is 1. The molecule has 0 saturated carbocycles. The van der Waals surface area contributed by atoms with Crippen LogP contribution in [-0.4, -0.2) is 43.5 Å². The van der Waals surface area contributed by atoms with Crippen molar-refractivity contribution in [1.82, 2.24) is 4.90 Å². The monoisotopic (exact) mass is 538 g/mol. The first kappa shape index (κ1) is 26.9. The molecular weight excluding hydrogens is 505 g/mol. The summed E-state index contributed by atoms with van der Waals surface area (Å²) in [5.74, 6) is 1.13. The first-order chi connectivity index (χ1) is 18.5. The maximum absolute atomic E-state index is 12.8. The number of rotatable bonds is 6. The van der Waals surface area contributed by atoms with Crippen LogP contribution in [0.4, 0.5) is 30.2 Å². The fraction of sp³-hybridized carbons (Fsp3) is 0.367. The number of carbonyl (C=O) groups excluding carboxylic acids is 1. The lowest BCUT2D eigenvalue weighted by Gasteiger charge is -2.35. The van der Waals surface area contributed by atoms with E-state index in [0.29, 0.717) is 37.8 Å². The van der Waals surface area contributed by atoms with E-state index in [0.717, 1.165) is 34.8 Å². The van der Waals surface area contributed by atoms with Gasteiger partial charge < -0.3 is 20.3 Å². The van der Waals surface area contributed by atoms with Gasteiger partial charge in [-0.25, -0.2) is 0 Å². The smallest absolute Gasteiger partial charge is 0.416 e. The number of anilines is 3. The molecule has 39 heavy (non-hydrogen) atoms. The summed E-state index contributed by atoms with van der Waals surface area (Å²) in [4.78, 5) is 16.8. The molecule has 3 aromatic carbocycles. The van der Waals surface area contributed by atoms with Gasteiger partial charge in [-0.1, -0.05) is 32.0 Å². The van der Waals surface area contributed by atoms with Gasteiger partial charge in [0.15, 0.2) is 0 Å². The first-order valence-electron chi connectivity index (χ1n) is 13.2. The van der Waals surface area contributed by atoms with Crippen molar-refractivity contribution in [3.05, 3.63) is 83.4 Å². The predicted molar refractivity (Wildman–Crippen MR) is 147 cm³/mol. The Labute approximate surface area is 226 Å². The van der Waals surface area contributed by atoms with Crippen molar-refractivity contribution in [2.75, 3.05) is 48.3 Å². The molecule has 5 rings (SSSR count). The van der Waals surface area contributed by atoms with Crippen LogP contribution in [0.5, 0.6) is 5.75 Å². The zero-order valence-corrected chi connectivity index (χ0v) is 22.3. The van der Waals surface area contributed by atoms with Crippen molar-refractivity contribution in [1.29, 1.82) is 0 Å². The lowest BCUT2D eigenvalue weighted by atomic mass is 10.0. The second-order valence-electron chi connectivity index (χ2n) is 10.6. The molecule has 2 aliphatic heterocycles. The third-order valence-electron chi connectivity index (χ3n) is 7.38. The molecule has 1 amide bonds. The highest BCUT2D eigenvalue weighted by Crippen LogP contribution is 2.43. The molecule has 1 unspecified atom stereocenters. The topological polar surface area (TPSA) is 56.8 Å². The lowest BCUT2D eigenvalue weighted by Crippen LogP contribution is -2.48. The summed E-state index contributed by atoms with van der Waals surface area (Å²) in [6.45, 7) is 9.13. The molecule has 2 N–H and O–H groups in total. The number of benzene rings is 3. The highest BCUT2D eigenvalue weighted by molar-refractivity contribution is 5.92. The number of nitrogens with zero attached hydrogens (tertiary/aromatic N) is 2. The van der Waals surface area contributed by atoms with Crippen molar-refractivity contribution in [3.8, 4) is 5.75 Å². The Balaban J connectivity index is 1.12. The summed E-state index contributed by atoms with van der Waals surface area (Å²) in [6.07, 6.45) is -4.34. The molecule has 1 atom stereocenters. The quantitative estimate of drug-likeness (QED) is 0.388. The summed E-state index contributed by atoms with van der Waals surface area (Å²) >= 11 is 0. The maximum atomic E-state index is 12.8. The van der Waals surface area contributed by atoms with Gasteiger partial charge in [-0.3, -0.25) is 9.69 Å². The zero-order valence-electron chi connectivity index (χ0n) is 22.3. The van der Waals surface area contributed by atoms with Gasteiger partial charge in [0.25, 0.3) is 0 Å². The van der Waals surface area contributed by atoms with Crippen LogP contribution in [0.1, 0.15) is 43.4 Å². The highest BCUT2D eigenvalue weighted by atomic mass is 19.4. The Hall–Kier alpha value is -3.72. The second-order valence-corrected chi connectivity index (χ2v) is 10.6. The van der Waals surface area contributed by atoms with E-state index in [2.05, 4.69) is 36.6 Å². The molecule has 1 fully saturated rings. The van der Waals surface area contributed by atoms with Crippen LogP contribution in [0.2, 0.25) is 0 Å². The van der Waals surface area contributed by atoms with Gasteiger partial charge in [-0.15, -0.1) is 0 Å². The third kappa shape index (κ3) is 5.98. The van der Waals surface area contributed by atoms with Crippen molar-refractivity contribution >= 4 is 23.0 Å². The van der Waals surface area contributed by atoms with E-state index in [1.807, 2.05) is 47.1 Å². The molecular formula is C30H33F3N4O2. The maximum Gasteiger partial charge on any atom is 0.416 e. The lowest BCUT2D eigenvalue weighted by molar-refractivity contribution is -0.137. The van der Waals surface area contributed by atoms with Gasteiger partial charge in [-0.05, 0) is 66.9 Å². The van der Waals surface area contributed by atoms with Crippen LogP contribution in [-0.2, 0) is 16.7 Å². The Morgan fingerprint density at radius 1 is 1.00 bits per heavy atom. The fourth-order valence-corrected chi connectivity index (χ4v) is 5.03. The Bertz CT molecular complexity index is 1320. The van der Waals surface area contributed by atoms with E-state index in [4.69, 9.17) is 4.74 Å².